The van der Waals surface area contributed by atoms with Crippen molar-refractivity contribution in [2.45, 2.75) is 145 Å². The summed E-state index contributed by atoms with van der Waals surface area (Å²) < 4.78 is 22.5. The number of aliphatic hydroxyl groups is 8. The molecule has 4 unspecified atom stereocenters. The van der Waals surface area contributed by atoms with Crippen molar-refractivity contribution < 1.29 is 64.6 Å². The van der Waals surface area contributed by atoms with Gasteiger partial charge < -0.3 is 65.1 Å². The van der Waals surface area contributed by atoms with Gasteiger partial charge in [0.05, 0.1) is 32.5 Å². The number of rotatable bonds is 16. The van der Waals surface area contributed by atoms with Crippen molar-refractivity contribution in [1.82, 2.24) is 5.32 Å². The Labute approximate surface area is 276 Å². The van der Waals surface area contributed by atoms with Crippen LogP contribution in [0.15, 0.2) is 0 Å². The summed E-state index contributed by atoms with van der Waals surface area (Å²) in [5.74, 6) is 2.31. The highest BCUT2D eigenvalue weighted by Gasteiger charge is 2.57. The largest absolute Gasteiger partial charge is 0.394 e. The third-order valence-electron chi connectivity index (χ3n) is 11.7. The fourth-order valence-electron chi connectivity index (χ4n) is 9.33. The van der Waals surface area contributed by atoms with Crippen LogP contribution in [0.2, 0.25) is 0 Å². The zero-order valence-corrected chi connectivity index (χ0v) is 27.4. The van der Waals surface area contributed by atoms with Crippen LogP contribution in [-0.4, -0.2) is 141 Å². The predicted octanol–water partition coefficient (Wildman–Crippen LogP) is -1.09. The van der Waals surface area contributed by atoms with Crippen LogP contribution in [0.5, 0.6) is 0 Å². The van der Waals surface area contributed by atoms with Crippen LogP contribution in [0, 0.1) is 29.1 Å². The van der Waals surface area contributed by atoms with E-state index in [9.17, 15) is 45.6 Å². The lowest BCUT2D eigenvalue weighted by atomic mass is 9.43. The third kappa shape index (κ3) is 8.15. The van der Waals surface area contributed by atoms with Gasteiger partial charge in [-0.15, -0.1) is 0 Å². The first-order chi connectivity index (χ1) is 22.5. The monoisotopic (exact) mass is 675 g/mol. The molecule has 1 amide bonds. The number of ether oxygens (including phenoxy) is 4. The molecule has 0 spiro atoms. The minimum atomic E-state index is -1.64. The highest BCUT2D eigenvalue weighted by Crippen LogP contribution is 2.65. The highest BCUT2D eigenvalue weighted by molar-refractivity contribution is 5.77. The van der Waals surface area contributed by atoms with E-state index in [4.69, 9.17) is 18.9 Å². The molecule has 4 bridgehead atoms. The SMILES string of the molecule is CCCCCCC1(CC(=O)NC(CO[C@H]2OC(CO)[C@H](O)[C@@H](O)C2O)CO[C@H]2OC(CO)[C@H](O)[C@@H](O)C2O)C2CC3CC(C2)CC1C3. The van der Waals surface area contributed by atoms with Gasteiger partial charge in [0.25, 0.3) is 0 Å². The molecule has 4 aliphatic carbocycles. The highest BCUT2D eigenvalue weighted by atomic mass is 16.7. The Morgan fingerprint density at radius 3 is 1.66 bits per heavy atom. The minimum Gasteiger partial charge on any atom is -0.394 e. The molecule has 0 radical (unpaired) electrons. The maximum Gasteiger partial charge on any atom is 0.220 e. The van der Waals surface area contributed by atoms with Crippen LogP contribution in [-0.2, 0) is 23.7 Å². The summed E-state index contributed by atoms with van der Waals surface area (Å²) in [5, 5.41) is 83.9. The zero-order valence-electron chi connectivity index (χ0n) is 27.4. The molecular formula is C33H57NO13. The molecule has 10 atom stereocenters. The van der Waals surface area contributed by atoms with Gasteiger partial charge in [0.1, 0.15) is 48.8 Å². The molecular weight excluding hydrogens is 618 g/mol. The van der Waals surface area contributed by atoms with Gasteiger partial charge in [0, 0.05) is 6.42 Å². The van der Waals surface area contributed by atoms with E-state index >= 15 is 0 Å². The van der Waals surface area contributed by atoms with Crippen LogP contribution in [0.4, 0.5) is 0 Å². The first kappa shape index (κ1) is 37.3. The lowest BCUT2D eigenvalue weighted by molar-refractivity contribution is -0.309. The van der Waals surface area contributed by atoms with E-state index in [1.807, 2.05) is 0 Å². The molecule has 0 aromatic carbocycles. The Bertz CT molecular complexity index is 932. The van der Waals surface area contributed by atoms with Crippen molar-refractivity contribution in [1.29, 1.82) is 0 Å². The van der Waals surface area contributed by atoms with E-state index < -0.39 is 80.7 Å². The van der Waals surface area contributed by atoms with Crippen molar-refractivity contribution in [3.05, 3.63) is 0 Å². The second-order valence-electron chi connectivity index (χ2n) is 14.9. The number of aliphatic hydroxyl groups excluding tert-OH is 8. The van der Waals surface area contributed by atoms with Gasteiger partial charge >= 0.3 is 0 Å². The number of unbranched alkanes of at least 4 members (excludes halogenated alkanes) is 3. The Kier molecular flexibility index (Phi) is 13.0. The molecule has 272 valence electrons. The standard InChI is InChI=1S/C33H57NO13/c1-2-3-4-5-6-33(19-8-17-7-18(10-19)11-20(33)9-17)12-24(37)34-21(15-44-31-29(42)27(40)25(38)22(13-35)46-31)16-45-32-30(43)28(41)26(39)23(14-36)47-32/h17-23,25-32,35-36,38-43H,2-16H2,1H3,(H,34,37)/t17?,18?,19?,20?,21?,22?,23?,25-,26-,27+,28+,29?,30?,31-,32-,33?/m0/s1. The molecule has 9 N–H and O–H groups in total. The van der Waals surface area contributed by atoms with Gasteiger partial charge in [-0.25, -0.2) is 0 Å². The van der Waals surface area contributed by atoms with Crippen LogP contribution in [0.1, 0.15) is 77.6 Å². The molecule has 2 heterocycles. The van der Waals surface area contributed by atoms with Crippen molar-refractivity contribution in [3.63, 3.8) is 0 Å². The van der Waals surface area contributed by atoms with Crippen LogP contribution in [0.25, 0.3) is 0 Å². The summed E-state index contributed by atoms with van der Waals surface area (Å²) in [6.07, 6.45) is -3.11. The molecule has 2 aliphatic heterocycles. The van der Waals surface area contributed by atoms with Crippen molar-refractivity contribution in [3.8, 4) is 0 Å². The zero-order chi connectivity index (χ0) is 33.9. The molecule has 47 heavy (non-hydrogen) atoms. The van der Waals surface area contributed by atoms with Gasteiger partial charge in [-0.1, -0.05) is 32.6 Å². The number of hydrogen-bond acceptors (Lipinski definition) is 13. The molecule has 2 saturated heterocycles. The smallest absolute Gasteiger partial charge is 0.220 e. The molecule has 14 heteroatoms. The molecule has 6 aliphatic rings. The van der Waals surface area contributed by atoms with Gasteiger partial charge in [0.2, 0.25) is 5.91 Å². The molecule has 4 saturated carbocycles. The molecule has 6 rings (SSSR count). The molecule has 0 aromatic rings. The Balaban J connectivity index is 1.28. The lowest BCUT2D eigenvalue weighted by Gasteiger charge is -2.61. The van der Waals surface area contributed by atoms with Crippen LogP contribution in [0.3, 0.4) is 0 Å². The fourth-order valence-corrected chi connectivity index (χ4v) is 9.33. The topological polar surface area (TPSA) is 228 Å². The maximum atomic E-state index is 14.0. The van der Waals surface area contributed by atoms with Gasteiger partial charge in [-0.3, -0.25) is 4.79 Å². The van der Waals surface area contributed by atoms with Crippen LogP contribution >= 0.6 is 0 Å². The van der Waals surface area contributed by atoms with Crippen molar-refractivity contribution in [2.75, 3.05) is 26.4 Å². The van der Waals surface area contributed by atoms with E-state index in [-0.39, 0.29) is 24.5 Å². The lowest BCUT2D eigenvalue weighted by Crippen LogP contribution is -2.60. The van der Waals surface area contributed by atoms with E-state index in [2.05, 4.69) is 12.2 Å². The van der Waals surface area contributed by atoms with E-state index in [1.54, 1.807) is 0 Å². The summed E-state index contributed by atoms with van der Waals surface area (Å²) in [7, 11) is 0. The van der Waals surface area contributed by atoms with Crippen molar-refractivity contribution in [2.24, 2.45) is 29.1 Å². The van der Waals surface area contributed by atoms with Gasteiger partial charge in [0.15, 0.2) is 12.6 Å². The van der Waals surface area contributed by atoms with Crippen LogP contribution < -0.4 is 5.32 Å². The summed E-state index contributed by atoms with van der Waals surface area (Å²) in [6, 6.07) is -0.879. The molecule has 14 nitrogen and oxygen atoms in total. The number of carbonyl (C=O) groups is 1. The Morgan fingerprint density at radius 1 is 0.723 bits per heavy atom. The maximum absolute atomic E-state index is 14.0. The van der Waals surface area contributed by atoms with E-state index in [1.165, 1.54) is 6.42 Å². The predicted molar refractivity (Wildman–Crippen MR) is 164 cm³/mol. The first-order valence-corrected chi connectivity index (χ1v) is 17.6. The average Bonchev–Trinajstić information content (AvgIpc) is 3.05. The third-order valence-corrected chi connectivity index (χ3v) is 11.7. The Hall–Kier alpha value is -1.01. The van der Waals surface area contributed by atoms with E-state index in [0.29, 0.717) is 18.3 Å². The summed E-state index contributed by atoms with van der Waals surface area (Å²) in [5.41, 5.74) is -0.0912. The molecule has 6 fully saturated rings. The number of nitrogens with one attached hydrogen (secondary N) is 1. The minimum absolute atomic E-state index is 0.0912. The Morgan fingerprint density at radius 2 is 1.21 bits per heavy atom. The first-order valence-electron chi connectivity index (χ1n) is 17.6. The number of hydrogen-bond donors (Lipinski definition) is 9. The second kappa shape index (κ2) is 16.3. The summed E-state index contributed by atoms with van der Waals surface area (Å²) >= 11 is 0. The number of amides is 1. The normalized spacial score (nSPS) is 45.2. The quantitative estimate of drug-likeness (QED) is 0.0888. The molecule has 0 aromatic heterocycles. The van der Waals surface area contributed by atoms with Gasteiger partial charge in [-0.2, -0.15) is 0 Å². The van der Waals surface area contributed by atoms with E-state index in [0.717, 1.165) is 69.6 Å². The van der Waals surface area contributed by atoms with Crippen molar-refractivity contribution >= 4 is 5.91 Å². The number of carbonyl (C=O) groups excluding carboxylic acids is 1. The second-order valence-corrected chi connectivity index (χ2v) is 14.9. The summed E-state index contributed by atoms with van der Waals surface area (Å²) in [4.78, 5) is 14.0. The van der Waals surface area contributed by atoms with Gasteiger partial charge in [-0.05, 0) is 67.6 Å². The summed E-state index contributed by atoms with van der Waals surface area (Å²) in [6.45, 7) is 0.356. The fraction of sp³-hybridized carbons (Fsp3) is 0.970. The average molecular weight is 676 g/mol.